The highest BCUT2D eigenvalue weighted by atomic mass is 79.9. The Morgan fingerprint density at radius 1 is 1.37 bits per heavy atom. The molecular weight excluding hydrogens is 304 g/mol. The van der Waals surface area contributed by atoms with Gasteiger partial charge < -0.3 is 15.0 Å². The summed E-state index contributed by atoms with van der Waals surface area (Å²) < 4.78 is 9.07. The summed E-state index contributed by atoms with van der Waals surface area (Å²) in [5.41, 5.74) is 9.41. The molecule has 1 aliphatic heterocycles. The van der Waals surface area contributed by atoms with Crippen molar-refractivity contribution in [3.05, 3.63) is 51.8 Å². The quantitative estimate of drug-likeness (QED) is 0.941. The number of nitrogens with zero attached hydrogens (tertiary/aromatic N) is 1. The Labute approximate surface area is 121 Å². The third-order valence-corrected chi connectivity index (χ3v) is 3.88. The van der Waals surface area contributed by atoms with Gasteiger partial charge in [0.2, 0.25) is 0 Å². The van der Waals surface area contributed by atoms with Gasteiger partial charge in [-0.25, -0.2) is 0 Å². The molecule has 2 aromatic rings. The van der Waals surface area contributed by atoms with Crippen molar-refractivity contribution in [1.29, 1.82) is 0 Å². The summed E-state index contributed by atoms with van der Waals surface area (Å²) in [6.45, 7) is 2.33. The van der Waals surface area contributed by atoms with Crippen LogP contribution in [0.15, 0.2) is 35.1 Å². The minimum Gasteiger partial charge on any atom is -0.493 e. The Hall–Kier alpha value is -1.26. The molecule has 2 N–H and O–H groups in total. The van der Waals surface area contributed by atoms with Crippen LogP contribution >= 0.6 is 15.9 Å². The summed E-state index contributed by atoms with van der Waals surface area (Å²) in [6, 6.07) is 6.43. The number of aromatic nitrogens is 1. The third-order valence-electron chi connectivity index (χ3n) is 3.42. The SMILES string of the molecule is NCCc1ccn(Cc2cc(Br)cc3c2OCC3)c1. The first-order chi connectivity index (χ1) is 9.26. The van der Waals surface area contributed by atoms with Crippen LogP contribution in [-0.2, 0) is 19.4 Å². The van der Waals surface area contributed by atoms with E-state index in [1.54, 1.807) is 0 Å². The van der Waals surface area contributed by atoms with E-state index in [4.69, 9.17) is 10.5 Å². The average Bonchev–Trinajstić information content (AvgIpc) is 2.98. The van der Waals surface area contributed by atoms with Crippen molar-refractivity contribution in [1.82, 2.24) is 4.57 Å². The van der Waals surface area contributed by atoms with Crippen molar-refractivity contribution in [2.75, 3.05) is 13.2 Å². The number of fused-ring (bicyclic) bond motifs is 1. The van der Waals surface area contributed by atoms with Crippen LogP contribution < -0.4 is 10.5 Å². The van der Waals surface area contributed by atoms with Gasteiger partial charge in [-0.05, 0) is 42.3 Å². The minimum atomic E-state index is 0.694. The number of nitrogens with two attached hydrogens (primary N) is 1. The van der Waals surface area contributed by atoms with Crippen LogP contribution in [0.5, 0.6) is 5.75 Å². The molecule has 1 aliphatic rings. The molecule has 3 rings (SSSR count). The fourth-order valence-electron chi connectivity index (χ4n) is 2.56. The summed E-state index contributed by atoms with van der Waals surface area (Å²) in [5.74, 6) is 1.07. The Kier molecular flexibility index (Phi) is 3.62. The first-order valence-corrected chi connectivity index (χ1v) is 7.34. The second-order valence-electron chi connectivity index (χ2n) is 4.88. The molecule has 0 saturated carbocycles. The topological polar surface area (TPSA) is 40.2 Å². The van der Waals surface area contributed by atoms with Gasteiger partial charge in [0.25, 0.3) is 0 Å². The highest BCUT2D eigenvalue weighted by Gasteiger charge is 2.17. The van der Waals surface area contributed by atoms with Gasteiger partial charge in [0.15, 0.2) is 0 Å². The molecule has 1 aromatic heterocycles. The number of halogens is 1. The molecule has 2 heterocycles. The van der Waals surface area contributed by atoms with Gasteiger partial charge in [0.1, 0.15) is 5.75 Å². The van der Waals surface area contributed by atoms with E-state index >= 15 is 0 Å². The molecule has 0 amide bonds. The van der Waals surface area contributed by atoms with Crippen molar-refractivity contribution in [3.8, 4) is 5.75 Å². The molecule has 3 nitrogen and oxygen atoms in total. The standard InChI is InChI=1S/C15H17BrN2O/c16-14-7-12-3-6-19-15(12)13(8-14)10-18-5-2-11(9-18)1-4-17/h2,5,7-9H,1,3-4,6,10,17H2. The normalized spacial score (nSPS) is 13.4. The first-order valence-electron chi connectivity index (χ1n) is 6.55. The average molecular weight is 321 g/mol. The van der Waals surface area contributed by atoms with Crippen molar-refractivity contribution >= 4 is 15.9 Å². The van der Waals surface area contributed by atoms with E-state index in [9.17, 15) is 0 Å². The lowest BCUT2D eigenvalue weighted by Crippen LogP contribution is -2.02. The third kappa shape index (κ3) is 2.69. The second-order valence-corrected chi connectivity index (χ2v) is 5.80. The molecule has 0 aliphatic carbocycles. The maximum Gasteiger partial charge on any atom is 0.127 e. The van der Waals surface area contributed by atoms with E-state index in [2.05, 4.69) is 51.1 Å². The van der Waals surface area contributed by atoms with E-state index in [1.165, 1.54) is 16.7 Å². The van der Waals surface area contributed by atoms with Crippen LogP contribution in [0.4, 0.5) is 0 Å². The van der Waals surface area contributed by atoms with Gasteiger partial charge in [-0.15, -0.1) is 0 Å². The van der Waals surface area contributed by atoms with Crippen LogP contribution in [0.25, 0.3) is 0 Å². The minimum absolute atomic E-state index is 0.694. The van der Waals surface area contributed by atoms with Crippen molar-refractivity contribution in [3.63, 3.8) is 0 Å². The summed E-state index contributed by atoms with van der Waals surface area (Å²) in [6.07, 6.45) is 6.20. The van der Waals surface area contributed by atoms with Crippen LogP contribution in [0.1, 0.15) is 16.7 Å². The number of hydrogen-bond acceptors (Lipinski definition) is 2. The Morgan fingerprint density at radius 3 is 3.11 bits per heavy atom. The highest BCUT2D eigenvalue weighted by molar-refractivity contribution is 9.10. The summed E-state index contributed by atoms with van der Waals surface area (Å²) >= 11 is 3.58. The zero-order valence-corrected chi connectivity index (χ0v) is 12.3. The maximum atomic E-state index is 5.76. The lowest BCUT2D eigenvalue weighted by atomic mass is 10.1. The number of hydrogen-bond donors (Lipinski definition) is 1. The molecule has 0 fully saturated rings. The van der Waals surface area contributed by atoms with Gasteiger partial charge in [0.05, 0.1) is 13.2 Å². The second kappa shape index (κ2) is 5.39. The number of benzene rings is 1. The van der Waals surface area contributed by atoms with Gasteiger partial charge >= 0.3 is 0 Å². The van der Waals surface area contributed by atoms with Gasteiger partial charge in [-0.3, -0.25) is 0 Å². The molecule has 19 heavy (non-hydrogen) atoms. The highest BCUT2D eigenvalue weighted by Crippen LogP contribution is 2.33. The predicted octanol–water partition coefficient (Wildman–Crippen LogP) is 2.74. The smallest absolute Gasteiger partial charge is 0.127 e. The van der Waals surface area contributed by atoms with Crippen molar-refractivity contribution < 1.29 is 4.74 Å². The Morgan fingerprint density at radius 2 is 2.26 bits per heavy atom. The maximum absolute atomic E-state index is 5.76. The molecular formula is C15H17BrN2O. The molecule has 0 saturated heterocycles. The first kappa shape index (κ1) is 12.8. The van der Waals surface area contributed by atoms with E-state index in [0.717, 1.165) is 36.2 Å². The molecule has 0 radical (unpaired) electrons. The van der Waals surface area contributed by atoms with Crippen molar-refractivity contribution in [2.24, 2.45) is 5.73 Å². The monoisotopic (exact) mass is 320 g/mol. The van der Waals surface area contributed by atoms with E-state index in [1.807, 2.05) is 0 Å². The lowest BCUT2D eigenvalue weighted by molar-refractivity contribution is 0.352. The van der Waals surface area contributed by atoms with Crippen molar-refractivity contribution in [2.45, 2.75) is 19.4 Å². The van der Waals surface area contributed by atoms with Gasteiger partial charge in [-0.2, -0.15) is 0 Å². The largest absolute Gasteiger partial charge is 0.493 e. The number of rotatable bonds is 4. The molecule has 4 heteroatoms. The summed E-state index contributed by atoms with van der Waals surface area (Å²) in [5, 5.41) is 0. The Bertz CT molecular complexity index is 592. The van der Waals surface area contributed by atoms with Gasteiger partial charge in [0, 0.05) is 28.9 Å². The molecule has 0 atom stereocenters. The summed E-state index contributed by atoms with van der Waals surface area (Å²) in [7, 11) is 0. The van der Waals surface area contributed by atoms with Crippen LogP contribution in [0.2, 0.25) is 0 Å². The predicted molar refractivity (Wildman–Crippen MR) is 79.6 cm³/mol. The zero-order chi connectivity index (χ0) is 13.2. The molecule has 100 valence electrons. The molecule has 0 unspecified atom stereocenters. The molecule has 0 spiro atoms. The van der Waals surface area contributed by atoms with E-state index in [0.29, 0.717) is 6.54 Å². The number of ether oxygens (including phenoxy) is 1. The lowest BCUT2D eigenvalue weighted by Gasteiger charge is -2.10. The zero-order valence-electron chi connectivity index (χ0n) is 10.7. The fraction of sp³-hybridized carbons (Fsp3) is 0.333. The van der Waals surface area contributed by atoms with E-state index in [-0.39, 0.29) is 0 Å². The van der Waals surface area contributed by atoms with E-state index < -0.39 is 0 Å². The Balaban J connectivity index is 1.86. The molecule has 0 bridgehead atoms. The summed E-state index contributed by atoms with van der Waals surface area (Å²) in [4.78, 5) is 0. The van der Waals surface area contributed by atoms with Crippen LogP contribution in [-0.4, -0.2) is 17.7 Å². The van der Waals surface area contributed by atoms with Crippen LogP contribution in [0.3, 0.4) is 0 Å². The fourth-order valence-corrected chi connectivity index (χ4v) is 3.12. The van der Waals surface area contributed by atoms with Gasteiger partial charge in [-0.1, -0.05) is 15.9 Å². The van der Waals surface area contributed by atoms with Crippen LogP contribution in [0, 0.1) is 0 Å². The molecule has 1 aromatic carbocycles.